The molecule has 21 heavy (non-hydrogen) atoms. The summed E-state index contributed by atoms with van der Waals surface area (Å²) in [7, 11) is 0. The summed E-state index contributed by atoms with van der Waals surface area (Å²) in [5.74, 6) is -0.604. The number of hydrogen-bond donors (Lipinski definition) is 1. The summed E-state index contributed by atoms with van der Waals surface area (Å²) in [6, 6.07) is 7.47. The normalized spacial score (nSPS) is 26.9. The zero-order valence-electron chi connectivity index (χ0n) is 12.0. The number of aryl methyl sites for hydroxylation is 1. The average molecular weight is 289 g/mol. The van der Waals surface area contributed by atoms with Crippen LogP contribution in [0.4, 0.5) is 0 Å². The first-order valence-electron chi connectivity index (χ1n) is 7.30. The third-order valence-electron chi connectivity index (χ3n) is 4.59. The van der Waals surface area contributed by atoms with Crippen LogP contribution in [0.3, 0.4) is 0 Å². The lowest BCUT2D eigenvalue weighted by molar-refractivity contribution is -0.143. The van der Waals surface area contributed by atoms with Crippen molar-refractivity contribution < 1.29 is 19.4 Å². The van der Waals surface area contributed by atoms with Gasteiger partial charge in [0.1, 0.15) is 5.75 Å². The first-order valence-corrected chi connectivity index (χ1v) is 7.30. The Bertz CT molecular complexity index is 571. The fourth-order valence-electron chi connectivity index (χ4n) is 3.58. The van der Waals surface area contributed by atoms with Crippen molar-refractivity contribution in [2.75, 3.05) is 6.61 Å². The molecule has 0 aliphatic carbocycles. The summed E-state index contributed by atoms with van der Waals surface area (Å²) in [5.41, 5.74) is 0.984. The number of carbonyl (C=O) groups excluding carboxylic acids is 1. The van der Waals surface area contributed by atoms with Gasteiger partial charge in [0.15, 0.2) is 6.61 Å². The molecule has 3 rings (SSSR count). The molecule has 5 nitrogen and oxygen atoms in total. The third kappa shape index (κ3) is 2.48. The Morgan fingerprint density at radius 2 is 2.10 bits per heavy atom. The largest absolute Gasteiger partial charge is 0.484 e. The maximum absolute atomic E-state index is 12.4. The molecule has 1 N–H and O–H groups in total. The number of para-hydroxylation sites is 1. The molecule has 112 valence electrons. The fourth-order valence-corrected chi connectivity index (χ4v) is 3.58. The zero-order valence-corrected chi connectivity index (χ0v) is 12.0. The Labute approximate surface area is 123 Å². The summed E-state index contributed by atoms with van der Waals surface area (Å²) in [5, 5.41) is 9.21. The number of nitrogens with zero attached hydrogens (tertiary/aromatic N) is 1. The predicted molar refractivity (Wildman–Crippen MR) is 76.1 cm³/mol. The Morgan fingerprint density at radius 1 is 1.33 bits per heavy atom. The monoisotopic (exact) mass is 289 g/mol. The van der Waals surface area contributed by atoms with Crippen LogP contribution in [0.1, 0.15) is 24.8 Å². The molecule has 3 atom stereocenters. The van der Waals surface area contributed by atoms with Crippen molar-refractivity contribution in [2.24, 2.45) is 5.92 Å². The molecule has 1 aromatic rings. The number of fused-ring (bicyclic) bond motifs is 2. The van der Waals surface area contributed by atoms with E-state index in [0.29, 0.717) is 12.2 Å². The lowest BCUT2D eigenvalue weighted by Crippen LogP contribution is -2.40. The van der Waals surface area contributed by atoms with Gasteiger partial charge in [-0.05, 0) is 37.8 Å². The number of aliphatic carboxylic acids is 1. The van der Waals surface area contributed by atoms with E-state index in [2.05, 4.69) is 0 Å². The number of carbonyl (C=O) groups is 2. The molecule has 2 aliphatic rings. The van der Waals surface area contributed by atoms with Crippen molar-refractivity contribution in [2.45, 2.75) is 38.3 Å². The number of carboxylic acids is 1. The van der Waals surface area contributed by atoms with E-state index in [1.165, 1.54) is 0 Å². The summed E-state index contributed by atoms with van der Waals surface area (Å²) < 4.78 is 5.59. The van der Waals surface area contributed by atoms with Crippen LogP contribution in [0, 0.1) is 12.8 Å². The highest BCUT2D eigenvalue weighted by Gasteiger charge is 2.51. The first-order chi connectivity index (χ1) is 10.1. The SMILES string of the molecule is Cc1ccccc1OCC(=O)N1C2CCC1C(C(=O)O)C2. The van der Waals surface area contributed by atoms with Crippen LogP contribution in [-0.2, 0) is 9.59 Å². The van der Waals surface area contributed by atoms with E-state index in [1.54, 1.807) is 4.90 Å². The van der Waals surface area contributed by atoms with Crippen molar-refractivity contribution in [1.29, 1.82) is 0 Å². The summed E-state index contributed by atoms with van der Waals surface area (Å²) in [6.45, 7) is 1.91. The van der Waals surface area contributed by atoms with Crippen LogP contribution >= 0.6 is 0 Å². The van der Waals surface area contributed by atoms with Gasteiger partial charge in [-0.3, -0.25) is 9.59 Å². The average Bonchev–Trinajstić information content (AvgIpc) is 3.04. The van der Waals surface area contributed by atoms with Gasteiger partial charge in [-0.25, -0.2) is 0 Å². The lowest BCUT2D eigenvalue weighted by atomic mass is 9.89. The van der Waals surface area contributed by atoms with Crippen LogP contribution in [0.25, 0.3) is 0 Å². The minimum atomic E-state index is -0.792. The van der Waals surface area contributed by atoms with Crippen molar-refractivity contribution in [3.8, 4) is 5.75 Å². The molecular weight excluding hydrogens is 270 g/mol. The Hall–Kier alpha value is -2.04. The van der Waals surface area contributed by atoms with Gasteiger partial charge in [-0.15, -0.1) is 0 Å². The van der Waals surface area contributed by atoms with Crippen LogP contribution < -0.4 is 4.74 Å². The molecule has 5 heteroatoms. The molecule has 3 unspecified atom stereocenters. The minimum absolute atomic E-state index is 0.0236. The molecule has 0 spiro atoms. The number of ether oxygens (including phenoxy) is 1. The Balaban J connectivity index is 1.64. The molecule has 2 saturated heterocycles. The molecule has 0 saturated carbocycles. The van der Waals surface area contributed by atoms with Crippen molar-refractivity contribution in [1.82, 2.24) is 4.90 Å². The molecule has 2 bridgehead atoms. The molecule has 2 heterocycles. The highest BCUT2D eigenvalue weighted by atomic mass is 16.5. The van der Waals surface area contributed by atoms with Crippen molar-refractivity contribution in [3.05, 3.63) is 29.8 Å². The second kappa shape index (κ2) is 5.39. The van der Waals surface area contributed by atoms with Crippen molar-refractivity contribution >= 4 is 11.9 Å². The van der Waals surface area contributed by atoms with Crippen LogP contribution in [0.5, 0.6) is 5.75 Å². The molecule has 0 radical (unpaired) electrons. The van der Waals surface area contributed by atoms with Crippen molar-refractivity contribution in [3.63, 3.8) is 0 Å². The quantitative estimate of drug-likeness (QED) is 0.918. The molecule has 1 aromatic carbocycles. The van der Waals surface area contributed by atoms with Gasteiger partial charge in [-0.1, -0.05) is 18.2 Å². The van der Waals surface area contributed by atoms with E-state index in [0.717, 1.165) is 18.4 Å². The van der Waals surface area contributed by atoms with Gasteiger partial charge >= 0.3 is 5.97 Å². The number of rotatable bonds is 4. The molecule has 2 aliphatic heterocycles. The zero-order chi connectivity index (χ0) is 15.0. The molecule has 0 aromatic heterocycles. The second-order valence-corrected chi connectivity index (χ2v) is 5.83. The fraction of sp³-hybridized carbons (Fsp3) is 0.500. The summed E-state index contributed by atoms with van der Waals surface area (Å²) in [6.07, 6.45) is 2.28. The summed E-state index contributed by atoms with van der Waals surface area (Å²) >= 11 is 0. The summed E-state index contributed by atoms with van der Waals surface area (Å²) in [4.78, 5) is 25.3. The third-order valence-corrected chi connectivity index (χ3v) is 4.59. The van der Waals surface area contributed by atoms with Gasteiger partial charge < -0.3 is 14.7 Å². The molecule has 1 amide bonds. The highest BCUT2D eigenvalue weighted by molar-refractivity contribution is 5.81. The van der Waals surface area contributed by atoms with Gasteiger partial charge in [0.25, 0.3) is 5.91 Å². The number of hydrogen-bond acceptors (Lipinski definition) is 3. The first kappa shape index (κ1) is 13.9. The van der Waals surface area contributed by atoms with Crippen LogP contribution in [0.15, 0.2) is 24.3 Å². The Morgan fingerprint density at radius 3 is 2.76 bits per heavy atom. The lowest BCUT2D eigenvalue weighted by Gasteiger charge is -2.23. The predicted octanol–water partition coefficient (Wildman–Crippen LogP) is 1.84. The van der Waals surface area contributed by atoms with E-state index in [4.69, 9.17) is 4.74 Å². The van der Waals surface area contributed by atoms with Crippen LogP contribution in [0.2, 0.25) is 0 Å². The topological polar surface area (TPSA) is 66.8 Å². The van der Waals surface area contributed by atoms with E-state index < -0.39 is 11.9 Å². The van der Waals surface area contributed by atoms with Gasteiger partial charge in [-0.2, -0.15) is 0 Å². The Kier molecular flexibility index (Phi) is 3.57. The van der Waals surface area contributed by atoms with E-state index in [1.807, 2.05) is 31.2 Å². The number of carboxylic acid groups (broad SMARTS) is 1. The maximum Gasteiger partial charge on any atom is 0.308 e. The smallest absolute Gasteiger partial charge is 0.308 e. The maximum atomic E-state index is 12.4. The molecular formula is C16H19NO4. The number of amides is 1. The second-order valence-electron chi connectivity index (χ2n) is 5.83. The van der Waals surface area contributed by atoms with E-state index in [9.17, 15) is 14.7 Å². The molecule has 2 fully saturated rings. The van der Waals surface area contributed by atoms with E-state index in [-0.39, 0.29) is 24.6 Å². The van der Waals surface area contributed by atoms with Crippen LogP contribution in [-0.4, -0.2) is 40.6 Å². The standard InChI is InChI=1S/C16H19NO4/c1-10-4-2-3-5-14(10)21-9-15(18)17-11-6-7-13(17)12(8-11)16(19)20/h2-5,11-13H,6-9H2,1H3,(H,19,20). The number of benzene rings is 1. The van der Waals surface area contributed by atoms with Gasteiger partial charge in [0.2, 0.25) is 0 Å². The van der Waals surface area contributed by atoms with Gasteiger partial charge in [0, 0.05) is 12.1 Å². The minimum Gasteiger partial charge on any atom is -0.484 e. The van der Waals surface area contributed by atoms with Gasteiger partial charge in [0.05, 0.1) is 5.92 Å². The highest BCUT2D eigenvalue weighted by Crippen LogP contribution is 2.41. The van der Waals surface area contributed by atoms with E-state index >= 15 is 0 Å².